The third kappa shape index (κ3) is 15.7. The van der Waals surface area contributed by atoms with E-state index in [0.717, 1.165) is 7.53 Å². The van der Waals surface area contributed by atoms with Gasteiger partial charge >= 0.3 is 78.1 Å². The Morgan fingerprint density at radius 1 is 0.295 bits per heavy atom. The maximum atomic E-state index is 14.2. The van der Waals surface area contributed by atoms with E-state index in [-0.39, 0.29) is 11.2 Å². The highest BCUT2D eigenvalue weighted by atomic mass is 127. The highest BCUT2D eigenvalue weighted by molar-refractivity contribution is 7.20. The fourth-order valence-electron chi connectivity index (χ4n) is 7.57. The Hall–Kier alpha value is -5.85. The summed E-state index contributed by atoms with van der Waals surface area (Å²) in [5.41, 5.74) is -30.7. The number of alkyl halides is 24. The second-order valence-electron chi connectivity index (χ2n) is 18.9. The number of ether oxygens (including phenoxy) is 2. The Morgan fingerprint density at radius 3 is 0.628 bits per heavy atom. The second kappa shape index (κ2) is 21.0. The number of halogens is 25. The predicted octanol–water partition coefficient (Wildman–Crippen LogP) is 12.6. The first-order valence-corrected chi connectivity index (χ1v) is 23.6. The van der Waals surface area contributed by atoms with Crippen LogP contribution in [0.5, 0.6) is 11.9 Å². The molecule has 6 rings (SSSR count). The van der Waals surface area contributed by atoms with Crippen molar-refractivity contribution in [1.82, 2.24) is 0 Å². The third-order valence-corrected chi connectivity index (χ3v) is 12.8. The number of benzene rings is 4. The van der Waals surface area contributed by atoms with Crippen LogP contribution in [0.3, 0.4) is 0 Å². The van der Waals surface area contributed by atoms with E-state index in [0.29, 0.717) is 11.9 Å². The molecule has 2 aromatic heterocycles. The predicted molar refractivity (Wildman–Crippen MR) is 226 cm³/mol. The van der Waals surface area contributed by atoms with Crippen LogP contribution in [-0.4, -0.2) is 17.3 Å². The lowest BCUT2D eigenvalue weighted by molar-refractivity contribution is -0.636. The van der Waals surface area contributed by atoms with E-state index in [4.69, 9.17) is 18.3 Å². The van der Waals surface area contributed by atoms with Crippen molar-refractivity contribution in [3.8, 4) is 11.9 Å². The van der Waals surface area contributed by atoms with Gasteiger partial charge in [-0.1, -0.05) is 48.5 Å². The summed E-state index contributed by atoms with van der Waals surface area (Å²) in [7, 11) is 0. The van der Waals surface area contributed by atoms with Gasteiger partial charge in [0.15, 0.2) is 0 Å². The molecule has 78 heavy (non-hydrogen) atoms. The van der Waals surface area contributed by atoms with E-state index in [1.165, 1.54) is 0 Å². The largest absolute Gasteiger partial charge is 0.459 e. The molecule has 0 N–H and O–H groups in total. The number of rotatable bonds is 8. The van der Waals surface area contributed by atoms with Crippen molar-refractivity contribution in [1.29, 1.82) is 0 Å². The lowest BCUT2D eigenvalue weighted by Crippen LogP contribution is -3.61. The van der Waals surface area contributed by atoms with Gasteiger partial charge in [-0.2, -0.15) is 127 Å². The van der Waals surface area contributed by atoms with Gasteiger partial charge in [-0.3, -0.25) is 0 Å². The molecule has 0 aliphatic carbocycles. The van der Waals surface area contributed by atoms with E-state index < -0.39 is 216 Å². The minimum atomic E-state index is -6.13. The molecule has 428 valence electrons. The minimum Gasteiger partial charge on any atom is -0.459 e. The van der Waals surface area contributed by atoms with Gasteiger partial charge in [0.1, 0.15) is 17.3 Å². The van der Waals surface area contributed by atoms with Gasteiger partial charge < -0.3 is 18.3 Å². The summed E-state index contributed by atoms with van der Waals surface area (Å²) in [6.07, 6.45) is -54.8. The lowest BCUT2D eigenvalue weighted by Gasteiger charge is -2.46. The van der Waals surface area contributed by atoms with Crippen LogP contribution in [0.1, 0.15) is 86.1 Å². The first-order valence-electron chi connectivity index (χ1n) is 21.5. The monoisotopic (exact) mass is 1270 g/mol. The fraction of sp³-hybridized carbons (Fsp3) is 0.333. The average Bonchev–Trinajstić information content (AvgIpc) is 3.87. The van der Waals surface area contributed by atoms with E-state index >= 15 is 0 Å². The SMILES string of the molecule is CC(C)(C)Oc1ccc([I+]c2ccc(OC(C)(C)C)o2)o1.FC(F)(F)c1cc([B-](c2cc(C(F)(F)F)cc(C(F)(F)F)c2)(c2cc(C(F)(F)F)cc(C(F)(F)F)c2)c2cc(C(F)(F)F)cc(C(F)(F)F)c2)cc(C(F)(F)F)c1. The van der Waals surface area contributed by atoms with E-state index in [9.17, 15) is 105 Å². The molecular weight excluding hydrogens is 1230 g/mol. The molecule has 0 amide bonds. The average molecular weight is 1270 g/mol. The van der Waals surface area contributed by atoms with Crippen LogP contribution in [0.15, 0.2) is 106 Å². The zero-order valence-electron chi connectivity index (χ0n) is 39.9. The van der Waals surface area contributed by atoms with E-state index in [1.54, 1.807) is 0 Å². The summed E-state index contributed by atoms with van der Waals surface area (Å²) in [4.78, 5) is 0. The highest BCUT2D eigenvalue weighted by Gasteiger charge is 2.47. The van der Waals surface area contributed by atoms with Gasteiger partial charge in [0, 0.05) is 24.3 Å². The summed E-state index contributed by atoms with van der Waals surface area (Å²) in [5, 5.41) is 0. The molecule has 30 heteroatoms. The fourth-order valence-corrected chi connectivity index (χ4v) is 9.47. The minimum absolute atomic E-state index is 0.258. The zero-order valence-corrected chi connectivity index (χ0v) is 42.1. The maximum Gasteiger partial charge on any atom is 0.443 e. The summed E-state index contributed by atoms with van der Waals surface area (Å²) >= 11 is -0.509. The first-order chi connectivity index (χ1) is 34.9. The van der Waals surface area contributed by atoms with Crippen LogP contribution >= 0.6 is 0 Å². The number of hydrogen-bond donors (Lipinski definition) is 0. The van der Waals surface area contributed by atoms with Crippen LogP contribution < -0.4 is 52.5 Å². The van der Waals surface area contributed by atoms with Crippen molar-refractivity contribution in [3.63, 3.8) is 0 Å². The van der Waals surface area contributed by atoms with Gasteiger partial charge in [0.05, 0.1) is 44.5 Å². The zero-order chi connectivity index (χ0) is 59.6. The molecule has 4 nitrogen and oxygen atoms in total. The molecule has 0 bridgehead atoms. The Kier molecular flexibility index (Phi) is 17.0. The van der Waals surface area contributed by atoms with Crippen molar-refractivity contribution in [3.05, 3.63) is 149 Å². The molecule has 0 atom stereocenters. The van der Waals surface area contributed by atoms with Gasteiger partial charge in [-0.15, -0.1) is 0 Å². The topological polar surface area (TPSA) is 44.7 Å². The van der Waals surface area contributed by atoms with Crippen molar-refractivity contribution in [2.45, 2.75) is 102 Å². The van der Waals surface area contributed by atoms with Crippen LogP contribution in [-0.2, 0) is 49.4 Å². The van der Waals surface area contributed by atoms with Gasteiger partial charge in [0.25, 0.3) is 11.9 Å². The van der Waals surface area contributed by atoms with Crippen LogP contribution in [0, 0.1) is 7.53 Å². The van der Waals surface area contributed by atoms with E-state index in [2.05, 4.69) is 0 Å². The highest BCUT2D eigenvalue weighted by Crippen LogP contribution is 2.41. The molecule has 0 aliphatic heterocycles. The van der Waals surface area contributed by atoms with Gasteiger partial charge in [-0.05, 0) is 65.8 Å². The molecule has 0 saturated heterocycles. The Balaban J connectivity index is 0.000000443. The van der Waals surface area contributed by atoms with Crippen molar-refractivity contribution >= 4 is 28.0 Å². The smallest absolute Gasteiger partial charge is 0.443 e. The van der Waals surface area contributed by atoms with Crippen LogP contribution in [0.25, 0.3) is 0 Å². The van der Waals surface area contributed by atoms with E-state index in [1.807, 2.05) is 65.8 Å². The molecule has 0 radical (unpaired) electrons. The Labute approximate surface area is 434 Å². The molecule has 0 saturated carbocycles. The maximum absolute atomic E-state index is 14.2. The lowest BCUT2D eigenvalue weighted by atomic mass is 9.12. The van der Waals surface area contributed by atoms with Gasteiger partial charge in [0.2, 0.25) is 0 Å². The van der Waals surface area contributed by atoms with Crippen molar-refractivity contribution in [2.24, 2.45) is 0 Å². The number of furan rings is 2. The van der Waals surface area contributed by atoms with Crippen molar-refractivity contribution < 1.29 is 145 Å². The summed E-state index contributed by atoms with van der Waals surface area (Å²) in [6, 6.07) is -1.21. The molecule has 2 heterocycles. The van der Waals surface area contributed by atoms with Gasteiger partial charge in [-0.25, -0.2) is 0 Å². The second-order valence-corrected chi connectivity index (χ2v) is 21.5. The standard InChI is InChI=1S/C32H12BF24.C16H22IO4/c34-25(35,36)13-1-14(26(37,38)39)6-21(5-13)33(22-7-15(27(40,41)42)2-16(8-22)28(43,44)45,23-9-17(29(46,47)48)3-18(10-23)30(49,50)51)24-11-19(31(52,53)54)4-20(12-24)32(55,56)57;1-15(2,3)20-13-9-7-11(18-13)17-12-8-10-14(19-12)21-16(4,5)6/h1-12H;7-10H,1-6H3/q-1;+1. The Morgan fingerprint density at radius 2 is 0.474 bits per heavy atom. The summed E-state index contributed by atoms with van der Waals surface area (Å²) < 4.78 is 365. The summed E-state index contributed by atoms with van der Waals surface area (Å²) in [5.74, 6) is 1.10. The third-order valence-electron chi connectivity index (χ3n) is 10.5. The molecular formula is C48H34BF24IO4. The normalized spacial score (nSPS) is 13.8. The molecule has 4 aromatic carbocycles. The first kappa shape index (κ1) is 63.0. The molecule has 0 aliphatic rings. The molecule has 0 fully saturated rings. The summed E-state index contributed by atoms with van der Waals surface area (Å²) in [6.45, 7) is 12.0. The molecule has 0 unspecified atom stereocenters. The number of hydrogen-bond acceptors (Lipinski definition) is 4. The van der Waals surface area contributed by atoms with Crippen molar-refractivity contribution in [2.75, 3.05) is 0 Å². The van der Waals surface area contributed by atoms with Crippen LogP contribution in [0.4, 0.5) is 105 Å². The Bertz CT molecular complexity index is 2590. The quantitative estimate of drug-likeness (QED) is 0.0865. The molecule has 0 spiro atoms. The van der Waals surface area contributed by atoms with Crippen LogP contribution in [0.2, 0.25) is 0 Å². The molecule has 6 aromatic rings.